The van der Waals surface area contributed by atoms with Gasteiger partial charge in [-0.3, -0.25) is 4.79 Å². The van der Waals surface area contributed by atoms with Gasteiger partial charge in [0.1, 0.15) is 11.1 Å². The van der Waals surface area contributed by atoms with Gasteiger partial charge in [0.15, 0.2) is 17.2 Å². The summed E-state index contributed by atoms with van der Waals surface area (Å²) in [6.45, 7) is 6.50. The number of fused-ring (bicyclic) bond motifs is 1. The van der Waals surface area contributed by atoms with Gasteiger partial charge >= 0.3 is 0 Å². The fourth-order valence-electron chi connectivity index (χ4n) is 3.16. The summed E-state index contributed by atoms with van der Waals surface area (Å²) in [5.41, 5.74) is 1.60. The first-order valence-electron chi connectivity index (χ1n) is 8.60. The molecule has 26 heavy (non-hydrogen) atoms. The van der Waals surface area contributed by atoms with E-state index in [0.29, 0.717) is 23.9 Å². The van der Waals surface area contributed by atoms with E-state index in [2.05, 4.69) is 20.2 Å². The highest BCUT2D eigenvalue weighted by Crippen LogP contribution is 2.34. The number of likely N-dealkylation sites (tertiary alicyclic amines) is 1. The van der Waals surface area contributed by atoms with Crippen LogP contribution in [0.1, 0.15) is 66.4 Å². The maximum atomic E-state index is 13.1. The summed E-state index contributed by atoms with van der Waals surface area (Å²) in [6.07, 6.45) is 5.12. The number of hydrogen-bond acceptors (Lipinski definition) is 6. The molecule has 3 aromatic rings. The number of aryl methyl sites for hydroxylation is 1. The zero-order chi connectivity index (χ0) is 18.4. The van der Waals surface area contributed by atoms with Gasteiger partial charge in [-0.05, 0) is 25.3 Å². The molecule has 1 aliphatic rings. The van der Waals surface area contributed by atoms with Crippen LogP contribution < -0.4 is 0 Å². The minimum atomic E-state index is -0.252. The summed E-state index contributed by atoms with van der Waals surface area (Å²) >= 11 is 6.38. The summed E-state index contributed by atoms with van der Waals surface area (Å²) in [4.78, 5) is 23.5. The smallest absolute Gasteiger partial charge is 0.276 e. The molecule has 9 heteroatoms. The third kappa shape index (κ3) is 2.74. The number of rotatable bonds is 3. The van der Waals surface area contributed by atoms with Gasteiger partial charge in [-0.15, -0.1) is 0 Å². The Bertz CT molecular complexity index is 979. The van der Waals surface area contributed by atoms with Gasteiger partial charge in [-0.25, -0.2) is 9.50 Å². The maximum Gasteiger partial charge on any atom is 0.276 e. The second-order valence-electron chi connectivity index (χ2n) is 6.86. The van der Waals surface area contributed by atoms with Crippen LogP contribution in [0.4, 0.5) is 0 Å². The second-order valence-corrected chi connectivity index (χ2v) is 7.24. The van der Waals surface area contributed by atoms with E-state index in [1.165, 1.54) is 0 Å². The van der Waals surface area contributed by atoms with Crippen LogP contribution in [-0.2, 0) is 0 Å². The Morgan fingerprint density at radius 3 is 2.96 bits per heavy atom. The van der Waals surface area contributed by atoms with Crippen molar-refractivity contribution in [3.05, 3.63) is 40.4 Å². The van der Waals surface area contributed by atoms with Gasteiger partial charge in [-0.2, -0.15) is 10.1 Å². The lowest BCUT2D eigenvalue weighted by atomic mass is 10.2. The number of hydrogen-bond donors (Lipinski definition) is 0. The minimum Gasteiger partial charge on any atom is -0.337 e. The molecule has 0 saturated carbocycles. The van der Waals surface area contributed by atoms with E-state index in [0.717, 1.165) is 18.4 Å². The van der Waals surface area contributed by atoms with E-state index < -0.39 is 0 Å². The molecule has 4 rings (SSSR count). The highest BCUT2D eigenvalue weighted by molar-refractivity contribution is 6.36. The van der Waals surface area contributed by atoms with Crippen molar-refractivity contribution in [1.82, 2.24) is 29.6 Å². The topological polar surface area (TPSA) is 89.4 Å². The van der Waals surface area contributed by atoms with Gasteiger partial charge in [0.2, 0.25) is 5.89 Å². The number of nitrogens with zero attached hydrogens (tertiary/aromatic N) is 6. The molecule has 0 bridgehead atoms. The minimum absolute atomic E-state index is 0.167. The van der Waals surface area contributed by atoms with E-state index in [1.54, 1.807) is 21.8 Å². The Kier molecular flexibility index (Phi) is 4.14. The molecular weight excluding hydrogens is 356 g/mol. The fraction of sp³-hybridized carbons (Fsp3) is 0.471. The molecule has 1 aliphatic heterocycles. The maximum absolute atomic E-state index is 13.1. The molecule has 0 radical (unpaired) electrons. The molecule has 1 fully saturated rings. The van der Waals surface area contributed by atoms with Gasteiger partial charge < -0.3 is 9.42 Å². The predicted octanol–water partition coefficient (Wildman–Crippen LogP) is 3.17. The Morgan fingerprint density at radius 1 is 1.42 bits per heavy atom. The van der Waals surface area contributed by atoms with Crippen LogP contribution >= 0.6 is 11.6 Å². The molecule has 3 aromatic heterocycles. The van der Waals surface area contributed by atoms with E-state index in [9.17, 15) is 4.79 Å². The number of carbonyl (C=O) groups is 1. The molecule has 4 heterocycles. The first-order chi connectivity index (χ1) is 12.5. The molecule has 0 aliphatic carbocycles. The third-order valence-corrected chi connectivity index (χ3v) is 4.87. The highest BCUT2D eigenvalue weighted by atomic mass is 35.5. The van der Waals surface area contributed by atoms with Crippen LogP contribution in [-0.4, -0.2) is 42.1 Å². The van der Waals surface area contributed by atoms with E-state index in [4.69, 9.17) is 16.1 Å². The number of amides is 1. The van der Waals surface area contributed by atoms with Crippen molar-refractivity contribution < 1.29 is 9.32 Å². The molecule has 8 nitrogen and oxygen atoms in total. The van der Waals surface area contributed by atoms with Crippen LogP contribution in [0.2, 0.25) is 5.02 Å². The summed E-state index contributed by atoms with van der Waals surface area (Å²) in [5, 5.41) is 8.61. The molecule has 0 aromatic carbocycles. The van der Waals surface area contributed by atoms with Crippen molar-refractivity contribution in [3.63, 3.8) is 0 Å². The largest absolute Gasteiger partial charge is 0.337 e. The first kappa shape index (κ1) is 17.0. The van der Waals surface area contributed by atoms with Crippen molar-refractivity contribution in [2.75, 3.05) is 6.54 Å². The monoisotopic (exact) mass is 374 g/mol. The van der Waals surface area contributed by atoms with Crippen molar-refractivity contribution in [3.8, 4) is 0 Å². The van der Waals surface area contributed by atoms with E-state index in [-0.39, 0.29) is 28.6 Å². The molecule has 0 unspecified atom stereocenters. The van der Waals surface area contributed by atoms with Gasteiger partial charge in [-0.1, -0.05) is 30.6 Å². The fourth-order valence-corrected chi connectivity index (χ4v) is 3.41. The molecular formula is C17H19ClN6O2. The second kappa shape index (κ2) is 6.35. The highest BCUT2D eigenvalue weighted by Gasteiger charge is 2.37. The number of aromatic nitrogens is 5. The third-order valence-electron chi connectivity index (χ3n) is 4.52. The molecule has 1 atom stereocenters. The normalized spacial score (nSPS) is 17.6. The molecule has 136 valence electrons. The zero-order valence-electron chi connectivity index (χ0n) is 14.8. The van der Waals surface area contributed by atoms with Crippen LogP contribution in [0.15, 0.2) is 16.9 Å². The van der Waals surface area contributed by atoms with Crippen LogP contribution in [0.25, 0.3) is 5.65 Å². The van der Waals surface area contributed by atoms with E-state index in [1.807, 2.05) is 20.8 Å². The predicted molar refractivity (Wildman–Crippen MR) is 94.1 cm³/mol. The lowest BCUT2D eigenvalue weighted by molar-refractivity contribution is 0.0704. The van der Waals surface area contributed by atoms with Crippen LogP contribution in [0.3, 0.4) is 0 Å². The average Bonchev–Trinajstić information content (AvgIpc) is 3.32. The summed E-state index contributed by atoms with van der Waals surface area (Å²) in [6, 6.07) is -0.252. The van der Waals surface area contributed by atoms with Crippen molar-refractivity contribution in [2.24, 2.45) is 0 Å². The SMILES string of the molecule is Cc1cnc2c(Cl)c(C(=O)N3CCC[C@H]3c3nc(C(C)C)no3)nn2c1. The van der Waals surface area contributed by atoms with Crippen molar-refractivity contribution in [2.45, 2.75) is 45.6 Å². The van der Waals surface area contributed by atoms with Gasteiger partial charge in [0.25, 0.3) is 5.91 Å². The molecule has 0 N–H and O–H groups in total. The molecule has 1 saturated heterocycles. The number of halogens is 1. The lowest BCUT2D eigenvalue weighted by Gasteiger charge is -2.20. The Hall–Kier alpha value is -2.48. The molecule has 1 amide bonds. The first-order valence-corrected chi connectivity index (χ1v) is 8.98. The number of carbonyl (C=O) groups excluding carboxylic acids is 1. The summed E-state index contributed by atoms with van der Waals surface area (Å²) in [5.74, 6) is 1.03. The quantitative estimate of drug-likeness (QED) is 0.699. The van der Waals surface area contributed by atoms with Crippen LogP contribution in [0, 0.1) is 6.92 Å². The standard InChI is InChI=1S/C17H19ClN6O2/c1-9(2)14-20-16(26-22-14)11-5-4-6-23(11)17(25)13-12(18)15-19-7-10(3)8-24(15)21-13/h7-9,11H,4-6H2,1-3H3/t11-/m0/s1. The van der Waals surface area contributed by atoms with Crippen LogP contribution in [0.5, 0.6) is 0 Å². The summed E-state index contributed by atoms with van der Waals surface area (Å²) in [7, 11) is 0. The Balaban J connectivity index is 1.67. The van der Waals surface area contributed by atoms with E-state index >= 15 is 0 Å². The van der Waals surface area contributed by atoms with Gasteiger partial charge in [0, 0.05) is 24.9 Å². The van der Waals surface area contributed by atoms with Crippen molar-refractivity contribution >= 4 is 23.2 Å². The Labute approximate surface area is 155 Å². The summed E-state index contributed by atoms with van der Waals surface area (Å²) < 4.78 is 6.95. The average molecular weight is 375 g/mol. The van der Waals surface area contributed by atoms with Crippen molar-refractivity contribution in [1.29, 1.82) is 0 Å². The zero-order valence-corrected chi connectivity index (χ0v) is 15.6. The Morgan fingerprint density at radius 2 is 2.23 bits per heavy atom. The lowest BCUT2D eigenvalue weighted by Crippen LogP contribution is -2.31. The van der Waals surface area contributed by atoms with Gasteiger partial charge in [0.05, 0.1) is 0 Å². The molecule has 0 spiro atoms.